The van der Waals surface area contributed by atoms with Gasteiger partial charge in [-0.2, -0.15) is 23.5 Å². The quantitative estimate of drug-likeness (QED) is 0.222. The molecule has 42 heavy (non-hydrogen) atoms. The zero-order valence-corrected chi connectivity index (χ0v) is 22.7. The SMILES string of the molecule is CCOC(=O)c1c(C(F)(F)F)nn(-c2cccc(C#N)c2)c1C(=O)Nc1ccc(-c2ccccc2S(C)(=O)=O)cc1F. The van der Waals surface area contributed by atoms with Gasteiger partial charge >= 0.3 is 12.1 Å². The van der Waals surface area contributed by atoms with E-state index in [0.29, 0.717) is 4.68 Å². The Morgan fingerprint density at radius 3 is 2.40 bits per heavy atom. The Kier molecular flexibility index (Phi) is 8.17. The molecule has 1 heterocycles. The fourth-order valence-corrected chi connectivity index (χ4v) is 5.02. The minimum Gasteiger partial charge on any atom is -0.462 e. The number of carbonyl (C=O) groups is 2. The molecule has 0 aliphatic carbocycles. The van der Waals surface area contributed by atoms with Crippen molar-refractivity contribution in [2.75, 3.05) is 18.2 Å². The first-order valence-corrected chi connectivity index (χ1v) is 13.9. The number of rotatable bonds is 7. The number of benzene rings is 3. The van der Waals surface area contributed by atoms with Gasteiger partial charge in [-0.15, -0.1) is 0 Å². The third-order valence-electron chi connectivity index (χ3n) is 5.88. The first kappa shape index (κ1) is 29.9. The van der Waals surface area contributed by atoms with E-state index in [-0.39, 0.29) is 33.9 Å². The van der Waals surface area contributed by atoms with Crippen LogP contribution in [0.15, 0.2) is 71.6 Å². The van der Waals surface area contributed by atoms with Crippen molar-refractivity contribution in [3.05, 3.63) is 95.1 Å². The van der Waals surface area contributed by atoms with Crippen molar-refractivity contribution in [2.45, 2.75) is 18.0 Å². The molecule has 4 aromatic rings. The minimum atomic E-state index is -5.20. The minimum absolute atomic E-state index is 0.0246. The average molecular weight is 601 g/mol. The van der Waals surface area contributed by atoms with Gasteiger partial charge in [-0.3, -0.25) is 4.79 Å². The van der Waals surface area contributed by atoms with E-state index < -0.39 is 56.3 Å². The van der Waals surface area contributed by atoms with Gasteiger partial charge in [0.2, 0.25) is 0 Å². The van der Waals surface area contributed by atoms with Crippen LogP contribution in [0.25, 0.3) is 16.8 Å². The highest BCUT2D eigenvalue weighted by molar-refractivity contribution is 7.90. The van der Waals surface area contributed by atoms with Crippen molar-refractivity contribution in [1.29, 1.82) is 5.26 Å². The molecule has 14 heteroatoms. The van der Waals surface area contributed by atoms with Crippen LogP contribution in [-0.2, 0) is 20.8 Å². The molecule has 0 fully saturated rings. The number of anilines is 1. The number of nitrogens with one attached hydrogen (secondary N) is 1. The summed E-state index contributed by atoms with van der Waals surface area (Å²) in [4.78, 5) is 26.1. The fourth-order valence-electron chi connectivity index (χ4n) is 4.11. The van der Waals surface area contributed by atoms with Gasteiger partial charge in [-0.25, -0.2) is 22.3 Å². The molecule has 4 rings (SSSR count). The van der Waals surface area contributed by atoms with Crippen LogP contribution >= 0.6 is 0 Å². The summed E-state index contributed by atoms with van der Waals surface area (Å²) in [5, 5.41) is 14.9. The topological polar surface area (TPSA) is 131 Å². The van der Waals surface area contributed by atoms with E-state index in [4.69, 9.17) is 4.74 Å². The van der Waals surface area contributed by atoms with Gasteiger partial charge in [0.15, 0.2) is 15.5 Å². The van der Waals surface area contributed by atoms with Crippen LogP contribution in [0.3, 0.4) is 0 Å². The number of hydrogen-bond acceptors (Lipinski definition) is 7. The number of alkyl halides is 3. The van der Waals surface area contributed by atoms with Crippen molar-refractivity contribution < 1.29 is 40.3 Å². The molecule has 3 aromatic carbocycles. The molecule has 0 saturated heterocycles. The number of ether oxygens (including phenoxy) is 1. The Balaban J connectivity index is 1.85. The number of halogens is 4. The standard InChI is InChI=1S/C28H20F4N4O5S/c1-3-41-27(38)23-24(36(35-25(23)28(30,31)32)18-8-6-7-16(13-18)15-33)26(37)34-21-12-11-17(14-20(21)29)19-9-4-5-10-22(19)42(2,39)40/h4-14H,3H2,1-2H3,(H,34,37). The molecule has 0 radical (unpaired) electrons. The maximum absolute atomic E-state index is 15.2. The van der Waals surface area contributed by atoms with E-state index in [2.05, 4.69) is 10.4 Å². The lowest BCUT2D eigenvalue weighted by Crippen LogP contribution is -2.22. The predicted molar refractivity (Wildman–Crippen MR) is 142 cm³/mol. The number of sulfone groups is 1. The Labute approximate surface area is 236 Å². The molecule has 1 amide bonds. The number of nitrogens with zero attached hydrogens (tertiary/aromatic N) is 3. The fraction of sp³-hybridized carbons (Fsp3) is 0.143. The summed E-state index contributed by atoms with van der Waals surface area (Å²) in [5.74, 6) is -3.88. The van der Waals surface area contributed by atoms with Gasteiger partial charge in [0.1, 0.15) is 17.1 Å². The zero-order chi connectivity index (χ0) is 30.8. The van der Waals surface area contributed by atoms with Crippen LogP contribution in [0.4, 0.5) is 23.2 Å². The lowest BCUT2D eigenvalue weighted by molar-refractivity contribution is -0.141. The second-order valence-electron chi connectivity index (χ2n) is 8.78. The van der Waals surface area contributed by atoms with E-state index in [0.717, 1.165) is 24.5 Å². The molecular formula is C28H20F4N4O5S. The number of amides is 1. The molecule has 0 spiro atoms. The van der Waals surface area contributed by atoms with Crippen LogP contribution in [0.5, 0.6) is 0 Å². The van der Waals surface area contributed by atoms with Crippen LogP contribution in [0.1, 0.15) is 39.0 Å². The highest BCUT2D eigenvalue weighted by Gasteiger charge is 2.44. The summed E-state index contributed by atoms with van der Waals surface area (Å²) in [7, 11) is -3.68. The van der Waals surface area contributed by atoms with E-state index in [9.17, 15) is 36.4 Å². The number of aromatic nitrogens is 2. The van der Waals surface area contributed by atoms with Gasteiger partial charge in [0, 0.05) is 11.8 Å². The maximum Gasteiger partial charge on any atom is 0.436 e. The Morgan fingerprint density at radius 2 is 1.79 bits per heavy atom. The highest BCUT2D eigenvalue weighted by atomic mass is 32.2. The van der Waals surface area contributed by atoms with Crippen molar-refractivity contribution >= 4 is 27.4 Å². The molecule has 1 N–H and O–H groups in total. The third kappa shape index (κ3) is 6.01. The van der Waals surface area contributed by atoms with E-state index >= 15 is 4.39 Å². The highest BCUT2D eigenvalue weighted by Crippen LogP contribution is 2.35. The summed E-state index contributed by atoms with van der Waals surface area (Å²) in [6, 6.07) is 16.1. The zero-order valence-electron chi connectivity index (χ0n) is 21.9. The number of carbonyl (C=O) groups excluding carboxylic acids is 2. The van der Waals surface area contributed by atoms with Gasteiger partial charge in [0.25, 0.3) is 5.91 Å². The van der Waals surface area contributed by atoms with Gasteiger partial charge in [-0.1, -0.05) is 30.3 Å². The lowest BCUT2D eigenvalue weighted by atomic mass is 10.0. The van der Waals surface area contributed by atoms with E-state index in [1.165, 1.54) is 49.4 Å². The average Bonchev–Trinajstić information content (AvgIpc) is 3.36. The smallest absolute Gasteiger partial charge is 0.436 e. The maximum atomic E-state index is 15.2. The summed E-state index contributed by atoms with van der Waals surface area (Å²) < 4.78 is 86.9. The molecule has 1 aromatic heterocycles. The molecule has 9 nitrogen and oxygen atoms in total. The van der Waals surface area contributed by atoms with Crippen LogP contribution in [0.2, 0.25) is 0 Å². The van der Waals surface area contributed by atoms with Crippen molar-refractivity contribution in [2.24, 2.45) is 0 Å². The molecule has 0 aliphatic heterocycles. The third-order valence-corrected chi connectivity index (χ3v) is 7.04. The van der Waals surface area contributed by atoms with Crippen LogP contribution < -0.4 is 5.32 Å². The second kappa shape index (κ2) is 11.5. The Hall–Kier alpha value is -5.03. The monoisotopic (exact) mass is 600 g/mol. The molecular weight excluding hydrogens is 580 g/mol. The Morgan fingerprint density at radius 1 is 1.07 bits per heavy atom. The summed E-state index contributed by atoms with van der Waals surface area (Å²) in [6.45, 7) is 1.03. The van der Waals surface area contributed by atoms with E-state index in [1.807, 2.05) is 6.07 Å². The van der Waals surface area contributed by atoms with Crippen molar-refractivity contribution in [1.82, 2.24) is 9.78 Å². The van der Waals surface area contributed by atoms with Gasteiger partial charge in [0.05, 0.1) is 34.5 Å². The molecule has 0 atom stereocenters. The summed E-state index contributed by atoms with van der Waals surface area (Å²) >= 11 is 0. The predicted octanol–water partition coefficient (Wildman–Crippen LogP) is 5.40. The van der Waals surface area contributed by atoms with Gasteiger partial charge in [-0.05, 0) is 48.9 Å². The summed E-state index contributed by atoms with van der Waals surface area (Å²) in [5.41, 5.74) is -4.12. The second-order valence-corrected chi connectivity index (χ2v) is 10.8. The molecule has 0 aliphatic rings. The normalized spacial score (nSPS) is 11.5. The number of esters is 1. The van der Waals surface area contributed by atoms with Crippen molar-refractivity contribution in [3.63, 3.8) is 0 Å². The van der Waals surface area contributed by atoms with Crippen molar-refractivity contribution in [3.8, 4) is 22.9 Å². The number of nitriles is 1. The number of hydrogen-bond donors (Lipinski definition) is 1. The lowest BCUT2D eigenvalue weighted by Gasteiger charge is -2.13. The molecule has 0 bridgehead atoms. The Bertz CT molecular complexity index is 1860. The van der Waals surface area contributed by atoms with Gasteiger partial charge < -0.3 is 10.1 Å². The summed E-state index contributed by atoms with van der Waals surface area (Å²) in [6.07, 6.45) is -4.21. The first-order valence-electron chi connectivity index (χ1n) is 12.0. The molecule has 216 valence electrons. The largest absolute Gasteiger partial charge is 0.462 e. The van der Waals surface area contributed by atoms with E-state index in [1.54, 1.807) is 6.07 Å². The van der Waals surface area contributed by atoms with Crippen LogP contribution in [-0.4, -0.2) is 42.9 Å². The van der Waals surface area contributed by atoms with Crippen LogP contribution in [0, 0.1) is 17.1 Å². The molecule has 0 saturated carbocycles. The first-order chi connectivity index (χ1) is 19.8. The molecule has 0 unspecified atom stereocenters.